The van der Waals surface area contributed by atoms with Gasteiger partial charge in [-0.05, 0) is 70.4 Å². The Bertz CT molecular complexity index is 1910. The summed E-state index contributed by atoms with van der Waals surface area (Å²) in [5, 5.41) is 8.28. The topological polar surface area (TPSA) is 138 Å². The van der Waals surface area contributed by atoms with Gasteiger partial charge in [0.2, 0.25) is 5.88 Å². The van der Waals surface area contributed by atoms with Crippen molar-refractivity contribution < 1.29 is 23.7 Å². The molecule has 46 heavy (non-hydrogen) atoms. The van der Waals surface area contributed by atoms with E-state index >= 15 is 0 Å². The SMILES string of the molecule is COc1cc2ncnc(Nc3ccc(Oc4cc5ncnn5cn4)c(C)c3)c2cc1OC1CC2CCC(C1)N2C(=O)OC(C)(C)C. The molecule has 2 aliphatic rings. The van der Waals surface area contributed by atoms with Crippen LogP contribution in [-0.2, 0) is 4.74 Å². The van der Waals surface area contributed by atoms with Crippen LogP contribution in [0.1, 0.15) is 52.0 Å². The predicted octanol–water partition coefficient (Wildman–Crippen LogP) is 6.23. The number of benzene rings is 2. The number of carbonyl (C=O) groups excluding carboxylic acids is 1. The van der Waals surface area contributed by atoms with E-state index in [4.69, 9.17) is 18.9 Å². The molecule has 5 aromatic rings. The van der Waals surface area contributed by atoms with Crippen molar-refractivity contribution in [2.24, 2.45) is 0 Å². The Morgan fingerprint density at radius 1 is 0.935 bits per heavy atom. The summed E-state index contributed by atoms with van der Waals surface area (Å²) < 4.78 is 25.6. The lowest BCUT2D eigenvalue weighted by Crippen LogP contribution is -2.50. The molecule has 3 aromatic heterocycles. The molecule has 2 bridgehead atoms. The molecule has 0 spiro atoms. The molecule has 2 saturated heterocycles. The molecule has 0 saturated carbocycles. The van der Waals surface area contributed by atoms with E-state index in [1.54, 1.807) is 24.0 Å². The van der Waals surface area contributed by atoms with Crippen molar-refractivity contribution in [3.8, 4) is 23.1 Å². The molecule has 2 aliphatic heterocycles. The average molecular weight is 625 g/mol. The van der Waals surface area contributed by atoms with Gasteiger partial charge in [-0.2, -0.15) is 5.10 Å². The number of hydrogen-bond acceptors (Lipinski definition) is 11. The highest BCUT2D eigenvalue weighted by molar-refractivity contribution is 5.93. The standard InChI is InChI=1S/C33H36N8O5/c1-19-10-20(6-9-26(19)45-30-15-29-35-17-38-40(29)18-37-30)39-31-24-13-28(27(43-5)14-25(24)34-16-36-31)44-23-11-21-7-8-22(12-23)41(21)32(42)46-33(2,3)4/h6,9-10,13-18,21-23H,7-8,11-12H2,1-5H3,(H,34,36,39). The molecule has 0 aliphatic carbocycles. The summed E-state index contributed by atoms with van der Waals surface area (Å²) in [6, 6.07) is 11.5. The molecule has 2 unspecified atom stereocenters. The quantitative estimate of drug-likeness (QED) is 0.220. The number of anilines is 2. The van der Waals surface area contributed by atoms with Crippen LogP contribution in [0.25, 0.3) is 16.6 Å². The smallest absolute Gasteiger partial charge is 0.410 e. The minimum absolute atomic E-state index is 0.0706. The van der Waals surface area contributed by atoms with Crippen molar-refractivity contribution >= 4 is 34.1 Å². The van der Waals surface area contributed by atoms with Gasteiger partial charge in [0.25, 0.3) is 0 Å². The van der Waals surface area contributed by atoms with E-state index in [-0.39, 0.29) is 24.3 Å². The van der Waals surface area contributed by atoms with Crippen LogP contribution in [0.15, 0.2) is 55.4 Å². The van der Waals surface area contributed by atoms with Crippen molar-refractivity contribution in [2.45, 2.75) is 77.2 Å². The van der Waals surface area contributed by atoms with Crippen LogP contribution in [0.2, 0.25) is 0 Å². The summed E-state index contributed by atoms with van der Waals surface area (Å²) in [5.41, 5.74) is 2.57. The first kappa shape index (κ1) is 29.5. The van der Waals surface area contributed by atoms with Gasteiger partial charge in [-0.25, -0.2) is 29.2 Å². The maximum Gasteiger partial charge on any atom is 0.410 e. The highest BCUT2D eigenvalue weighted by Gasteiger charge is 2.45. The monoisotopic (exact) mass is 624 g/mol. The predicted molar refractivity (Wildman–Crippen MR) is 170 cm³/mol. The van der Waals surface area contributed by atoms with Crippen molar-refractivity contribution in [2.75, 3.05) is 12.4 Å². The van der Waals surface area contributed by atoms with Crippen molar-refractivity contribution in [1.82, 2.24) is 34.4 Å². The first-order valence-corrected chi connectivity index (χ1v) is 15.3. The van der Waals surface area contributed by atoms with Gasteiger partial charge < -0.3 is 29.2 Å². The largest absolute Gasteiger partial charge is 0.493 e. The normalized spacial score (nSPS) is 19.3. The van der Waals surface area contributed by atoms with Crippen LogP contribution >= 0.6 is 0 Å². The third-order valence-corrected chi connectivity index (χ3v) is 8.31. The third kappa shape index (κ3) is 5.92. The fourth-order valence-corrected chi connectivity index (χ4v) is 6.29. The van der Waals surface area contributed by atoms with Gasteiger partial charge in [0.1, 0.15) is 42.3 Å². The molecule has 1 N–H and O–H groups in total. The maximum atomic E-state index is 12.9. The summed E-state index contributed by atoms with van der Waals surface area (Å²) in [6.07, 6.45) is 7.57. The third-order valence-electron chi connectivity index (χ3n) is 8.31. The molecule has 2 fully saturated rings. The van der Waals surface area contributed by atoms with E-state index in [1.165, 1.54) is 12.7 Å². The fourth-order valence-electron chi connectivity index (χ4n) is 6.29. The zero-order valence-corrected chi connectivity index (χ0v) is 26.4. The second kappa shape index (κ2) is 11.6. The van der Waals surface area contributed by atoms with Crippen molar-refractivity contribution in [1.29, 1.82) is 0 Å². The van der Waals surface area contributed by atoms with E-state index in [0.29, 0.717) is 40.1 Å². The van der Waals surface area contributed by atoms with Gasteiger partial charge >= 0.3 is 6.09 Å². The van der Waals surface area contributed by atoms with Gasteiger partial charge in [-0.3, -0.25) is 0 Å². The molecule has 2 atom stereocenters. The number of carbonyl (C=O) groups is 1. The second-order valence-electron chi connectivity index (χ2n) is 12.7. The van der Waals surface area contributed by atoms with Crippen LogP contribution in [0.3, 0.4) is 0 Å². The molecule has 13 nitrogen and oxygen atoms in total. The van der Waals surface area contributed by atoms with E-state index in [9.17, 15) is 4.79 Å². The van der Waals surface area contributed by atoms with Crippen molar-refractivity contribution in [3.63, 3.8) is 0 Å². The number of aryl methyl sites for hydroxylation is 1. The number of hydrogen-bond donors (Lipinski definition) is 1. The summed E-state index contributed by atoms with van der Waals surface area (Å²) in [5.74, 6) is 2.93. The summed E-state index contributed by atoms with van der Waals surface area (Å²) in [6.45, 7) is 7.65. The summed E-state index contributed by atoms with van der Waals surface area (Å²) in [4.78, 5) is 32.4. The molecule has 238 valence electrons. The molecular weight excluding hydrogens is 588 g/mol. The van der Waals surface area contributed by atoms with Gasteiger partial charge in [0.15, 0.2) is 17.1 Å². The number of ether oxygens (including phenoxy) is 4. The molecule has 1 amide bonds. The Hall–Kier alpha value is -5.20. The molecule has 0 radical (unpaired) electrons. The van der Waals surface area contributed by atoms with E-state index in [0.717, 1.165) is 42.3 Å². The van der Waals surface area contributed by atoms with Crippen LogP contribution in [0.4, 0.5) is 16.3 Å². The van der Waals surface area contributed by atoms with Crippen LogP contribution in [0.5, 0.6) is 23.1 Å². The Morgan fingerprint density at radius 3 is 2.48 bits per heavy atom. The lowest BCUT2D eigenvalue weighted by Gasteiger charge is -2.39. The number of fused-ring (bicyclic) bond motifs is 4. The van der Waals surface area contributed by atoms with E-state index in [2.05, 4.69) is 30.4 Å². The van der Waals surface area contributed by atoms with Crippen molar-refractivity contribution in [3.05, 3.63) is 60.9 Å². The van der Waals surface area contributed by atoms with Crippen LogP contribution in [0, 0.1) is 6.92 Å². The first-order chi connectivity index (χ1) is 22.1. The minimum atomic E-state index is -0.531. The van der Waals surface area contributed by atoms with Gasteiger partial charge in [-0.1, -0.05) is 0 Å². The molecule has 2 aromatic carbocycles. The number of nitrogens with zero attached hydrogens (tertiary/aromatic N) is 7. The number of rotatable bonds is 7. The maximum absolute atomic E-state index is 12.9. The second-order valence-corrected chi connectivity index (χ2v) is 12.7. The minimum Gasteiger partial charge on any atom is -0.493 e. The van der Waals surface area contributed by atoms with Crippen LogP contribution < -0.4 is 19.5 Å². The Labute approximate surface area is 265 Å². The number of nitrogens with one attached hydrogen (secondary N) is 1. The molecule has 13 heteroatoms. The van der Waals surface area contributed by atoms with Crippen LogP contribution in [-0.4, -0.2) is 71.4 Å². The summed E-state index contributed by atoms with van der Waals surface area (Å²) >= 11 is 0. The molecule has 5 heterocycles. The zero-order chi connectivity index (χ0) is 32.0. The van der Waals surface area contributed by atoms with E-state index in [1.807, 2.05) is 62.9 Å². The Kier molecular flexibility index (Phi) is 7.46. The molecular formula is C33H36N8O5. The average Bonchev–Trinajstić information content (AvgIpc) is 3.59. The number of piperidine rings is 1. The number of aromatic nitrogens is 6. The Morgan fingerprint density at radius 2 is 1.74 bits per heavy atom. The highest BCUT2D eigenvalue weighted by Crippen LogP contribution is 2.41. The Balaban J connectivity index is 1.09. The highest BCUT2D eigenvalue weighted by atomic mass is 16.6. The van der Waals surface area contributed by atoms with Gasteiger partial charge in [0.05, 0.1) is 12.6 Å². The lowest BCUT2D eigenvalue weighted by molar-refractivity contribution is -0.00735. The lowest BCUT2D eigenvalue weighted by atomic mass is 10.00. The number of amides is 1. The molecule has 7 rings (SSSR count). The van der Waals surface area contributed by atoms with Gasteiger partial charge in [-0.15, -0.1) is 0 Å². The number of methoxy groups -OCH3 is 1. The van der Waals surface area contributed by atoms with Gasteiger partial charge in [0, 0.05) is 48.1 Å². The fraction of sp³-hybridized carbons (Fsp3) is 0.394. The zero-order valence-electron chi connectivity index (χ0n) is 26.4. The first-order valence-electron chi connectivity index (χ1n) is 15.3. The summed E-state index contributed by atoms with van der Waals surface area (Å²) in [7, 11) is 1.62. The van der Waals surface area contributed by atoms with E-state index < -0.39 is 5.60 Å².